The Kier molecular flexibility index (Phi) is 2.45. The third-order valence-corrected chi connectivity index (χ3v) is 1.99. The van der Waals surface area contributed by atoms with Gasteiger partial charge in [0.15, 0.2) is 0 Å². The van der Waals surface area contributed by atoms with Gasteiger partial charge in [-0.3, -0.25) is 0 Å². The van der Waals surface area contributed by atoms with Crippen LogP contribution in [0.5, 0.6) is 0 Å². The molecule has 2 nitrogen and oxygen atoms in total. The predicted molar refractivity (Wildman–Crippen MR) is 43.0 cm³/mol. The van der Waals surface area contributed by atoms with Crippen LogP contribution in [-0.2, 0) is 0 Å². The number of para-hydroxylation sites is 1. The van der Waals surface area contributed by atoms with Gasteiger partial charge < -0.3 is 0 Å². The van der Waals surface area contributed by atoms with E-state index in [1.54, 1.807) is 11.8 Å². The van der Waals surface area contributed by atoms with E-state index in [1.807, 2.05) is 30.5 Å². The first-order chi connectivity index (χ1) is 4.88. The van der Waals surface area contributed by atoms with Crippen molar-refractivity contribution in [3.63, 3.8) is 0 Å². The van der Waals surface area contributed by atoms with E-state index in [0.29, 0.717) is 0 Å². The van der Waals surface area contributed by atoms with Crippen LogP contribution >= 0.6 is 11.8 Å². The largest absolute Gasteiger partial charge is 0.204 e. The molecular weight excluding hydrogens is 144 g/mol. The van der Waals surface area contributed by atoms with Gasteiger partial charge in [0.2, 0.25) is 0 Å². The topological polar surface area (TPSA) is 36.2 Å². The zero-order valence-electron chi connectivity index (χ0n) is 5.66. The van der Waals surface area contributed by atoms with Crippen LogP contribution in [0.25, 0.3) is 0 Å². The van der Waals surface area contributed by atoms with Crippen molar-refractivity contribution >= 4 is 17.4 Å². The molecule has 0 aliphatic rings. The average Bonchev–Trinajstić information content (AvgIpc) is 2.04. The van der Waals surface area contributed by atoms with E-state index in [-0.39, 0.29) is 0 Å². The maximum Gasteiger partial charge on any atom is 0.0985 e. The highest BCUT2D eigenvalue weighted by molar-refractivity contribution is 7.98. The van der Waals surface area contributed by atoms with Crippen molar-refractivity contribution in [2.75, 3.05) is 6.26 Å². The Balaban J connectivity index is 3.08. The molecule has 0 fully saturated rings. The molecule has 0 aromatic heterocycles. The molecule has 3 heteroatoms. The summed E-state index contributed by atoms with van der Waals surface area (Å²) < 4.78 is 0. The van der Waals surface area contributed by atoms with E-state index in [2.05, 4.69) is 5.11 Å². The van der Waals surface area contributed by atoms with Crippen LogP contribution in [0.4, 0.5) is 5.69 Å². The summed E-state index contributed by atoms with van der Waals surface area (Å²) in [5.74, 6) is 0. The molecule has 0 saturated carbocycles. The Morgan fingerprint density at radius 2 is 2.10 bits per heavy atom. The number of thioether (sulfide) groups is 1. The molecular formula is C7H8N2S. The van der Waals surface area contributed by atoms with E-state index >= 15 is 0 Å². The van der Waals surface area contributed by atoms with E-state index < -0.39 is 0 Å². The number of hydrogen-bond donors (Lipinski definition) is 1. The number of rotatable bonds is 2. The van der Waals surface area contributed by atoms with Gasteiger partial charge in [0, 0.05) is 4.90 Å². The van der Waals surface area contributed by atoms with Gasteiger partial charge in [-0.25, -0.2) is 5.53 Å². The van der Waals surface area contributed by atoms with E-state index in [1.165, 1.54) is 0 Å². The van der Waals surface area contributed by atoms with Crippen molar-refractivity contribution in [2.45, 2.75) is 4.90 Å². The summed E-state index contributed by atoms with van der Waals surface area (Å²) in [7, 11) is 0. The second kappa shape index (κ2) is 3.37. The molecule has 1 aromatic rings. The highest BCUT2D eigenvalue weighted by Crippen LogP contribution is 2.26. The van der Waals surface area contributed by atoms with E-state index in [4.69, 9.17) is 5.53 Å². The molecule has 10 heavy (non-hydrogen) atoms. The van der Waals surface area contributed by atoms with Gasteiger partial charge >= 0.3 is 0 Å². The monoisotopic (exact) mass is 152 g/mol. The quantitative estimate of drug-likeness (QED) is 0.513. The molecule has 0 spiro atoms. The van der Waals surface area contributed by atoms with Crippen LogP contribution in [0.1, 0.15) is 0 Å². The molecule has 0 atom stereocenters. The summed E-state index contributed by atoms with van der Waals surface area (Å²) >= 11 is 1.61. The fourth-order valence-corrected chi connectivity index (χ4v) is 1.26. The molecule has 0 radical (unpaired) electrons. The molecule has 0 aliphatic carbocycles. The highest BCUT2D eigenvalue weighted by atomic mass is 32.2. The van der Waals surface area contributed by atoms with E-state index in [9.17, 15) is 0 Å². The Morgan fingerprint density at radius 1 is 1.40 bits per heavy atom. The van der Waals surface area contributed by atoms with Crippen LogP contribution < -0.4 is 0 Å². The number of nitrogens with zero attached hydrogens (tertiary/aromatic N) is 1. The molecule has 0 aliphatic heterocycles. The molecule has 1 aromatic carbocycles. The van der Waals surface area contributed by atoms with Crippen molar-refractivity contribution in [2.24, 2.45) is 5.11 Å². The van der Waals surface area contributed by atoms with Crippen LogP contribution in [0.2, 0.25) is 0 Å². The van der Waals surface area contributed by atoms with Crippen molar-refractivity contribution in [3.8, 4) is 0 Å². The van der Waals surface area contributed by atoms with Crippen LogP contribution in [0.15, 0.2) is 34.3 Å². The molecule has 0 saturated heterocycles. The summed E-state index contributed by atoms with van der Waals surface area (Å²) in [5, 5.41) is 3.37. The first-order valence-electron chi connectivity index (χ1n) is 2.89. The molecule has 0 bridgehead atoms. The summed E-state index contributed by atoms with van der Waals surface area (Å²) in [6.07, 6.45) is 1.98. The molecule has 0 unspecified atom stereocenters. The lowest BCUT2D eigenvalue weighted by atomic mass is 10.3. The first-order valence-corrected chi connectivity index (χ1v) is 4.11. The second-order valence-electron chi connectivity index (χ2n) is 1.78. The summed E-state index contributed by atoms with van der Waals surface area (Å²) in [6.45, 7) is 0. The zero-order chi connectivity index (χ0) is 7.40. The SMILES string of the molecule is CSc1ccccc1N=N. The predicted octanol–water partition coefficient (Wildman–Crippen LogP) is 3.07. The van der Waals surface area contributed by atoms with Crippen LogP contribution in [-0.4, -0.2) is 6.26 Å². The fraction of sp³-hybridized carbons (Fsp3) is 0.143. The fourth-order valence-electron chi connectivity index (χ4n) is 0.722. The molecule has 0 heterocycles. The molecule has 1 rings (SSSR count). The minimum absolute atomic E-state index is 0.745. The maximum absolute atomic E-state index is 6.80. The lowest BCUT2D eigenvalue weighted by Gasteiger charge is -1.96. The van der Waals surface area contributed by atoms with Gasteiger partial charge in [0.05, 0.1) is 5.69 Å². The Morgan fingerprint density at radius 3 is 2.60 bits per heavy atom. The lowest BCUT2D eigenvalue weighted by molar-refractivity contribution is 1.12. The minimum Gasteiger partial charge on any atom is -0.204 e. The summed E-state index contributed by atoms with van der Waals surface area (Å²) in [4.78, 5) is 1.05. The highest BCUT2D eigenvalue weighted by Gasteiger charge is 1.95. The minimum atomic E-state index is 0.745. The maximum atomic E-state index is 6.80. The molecule has 52 valence electrons. The lowest BCUT2D eigenvalue weighted by Crippen LogP contribution is -1.68. The number of hydrogen-bond acceptors (Lipinski definition) is 3. The summed E-state index contributed by atoms with van der Waals surface area (Å²) in [5.41, 5.74) is 7.54. The second-order valence-corrected chi connectivity index (χ2v) is 2.63. The Hall–Kier alpha value is -0.830. The number of nitrogens with one attached hydrogen (secondary N) is 1. The molecule has 0 amide bonds. The molecule has 1 N–H and O–H groups in total. The van der Waals surface area contributed by atoms with Crippen molar-refractivity contribution in [3.05, 3.63) is 24.3 Å². The standard InChI is InChI=1S/C7H8N2S/c1-10-7-5-3-2-4-6(7)9-8/h2-5,8H,1H3. The van der Waals surface area contributed by atoms with Crippen molar-refractivity contribution in [1.82, 2.24) is 0 Å². The van der Waals surface area contributed by atoms with Crippen LogP contribution in [0, 0.1) is 5.53 Å². The third kappa shape index (κ3) is 1.36. The normalized spacial score (nSPS) is 9.30. The zero-order valence-corrected chi connectivity index (χ0v) is 6.48. The Bertz CT molecular complexity index is 235. The van der Waals surface area contributed by atoms with Gasteiger partial charge in [0.1, 0.15) is 0 Å². The smallest absolute Gasteiger partial charge is 0.0985 e. The van der Waals surface area contributed by atoms with Gasteiger partial charge in [-0.1, -0.05) is 12.1 Å². The van der Waals surface area contributed by atoms with E-state index in [0.717, 1.165) is 10.6 Å². The van der Waals surface area contributed by atoms with Gasteiger partial charge in [-0.05, 0) is 18.4 Å². The van der Waals surface area contributed by atoms with Crippen molar-refractivity contribution in [1.29, 1.82) is 5.53 Å². The first kappa shape index (κ1) is 7.28. The van der Waals surface area contributed by atoms with Gasteiger partial charge in [-0.2, -0.15) is 5.11 Å². The Labute approximate surface area is 64.2 Å². The summed E-state index contributed by atoms with van der Waals surface area (Å²) in [6, 6.07) is 7.62. The van der Waals surface area contributed by atoms with Gasteiger partial charge in [0.25, 0.3) is 0 Å². The van der Waals surface area contributed by atoms with Gasteiger partial charge in [-0.15, -0.1) is 11.8 Å². The third-order valence-electron chi connectivity index (χ3n) is 1.21. The van der Waals surface area contributed by atoms with Crippen molar-refractivity contribution < 1.29 is 0 Å². The van der Waals surface area contributed by atoms with Crippen LogP contribution in [0.3, 0.4) is 0 Å². The number of benzene rings is 1. The average molecular weight is 152 g/mol.